The van der Waals surface area contributed by atoms with E-state index in [1.165, 1.54) is 0 Å². The summed E-state index contributed by atoms with van der Waals surface area (Å²) in [5, 5.41) is 11.1. The van der Waals surface area contributed by atoms with Crippen molar-refractivity contribution in [2.45, 2.75) is 31.5 Å². The summed E-state index contributed by atoms with van der Waals surface area (Å²) in [6.45, 7) is 0.494. The number of nitrogens with zero attached hydrogens (tertiary/aromatic N) is 1. The van der Waals surface area contributed by atoms with Crippen LogP contribution in [0.25, 0.3) is 0 Å². The van der Waals surface area contributed by atoms with Crippen molar-refractivity contribution in [1.82, 2.24) is 4.90 Å². The van der Waals surface area contributed by atoms with Crippen LogP contribution in [0.5, 0.6) is 0 Å². The molecule has 22 heavy (non-hydrogen) atoms. The molecule has 0 saturated carbocycles. The van der Waals surface area contributed by atoms with Gasteiger partial charge >= 0.3 is 0 Å². The van der Waals surface area contributed by atoms with Gasteiger partial charge in [-0.1, -0.05) is 54.1 Å². The van der Waals surface area contributed by atoms with Crippen LogP contribution in [0.1, 0.15) is 30.0 Å². The van der Waals surface area contributed by atoms with Crippen molar-refractivity contribution in [2.75, 3.05) is 0 Å². The molecule has 0 unspecified atom stereocenters. The Labute approximate surface area is 135 Å². The Hall–Kier alpha value is -1.84. The van der Waals surface area contributed by atoms with Gasteiger partial charge < -0.3 is 10.0 Å². The summed E-state index contributed by atoms with van der Waals surface area (Å²) < 4.78 is 0. The lowest BCUT2D eigenvalue weighted by Crippen LogP contribution is -2.44. The standard InChI is InChI=1S/C18H18ClNO2/c19-15-8-4-7-14(11-15)18-16(21)9-10-17(22)20(18)12-13-5-2-1-3-6-13/h1-8,11,16,18,21H,9-10,12H2/t16-,18+/m0/s1. The van der Waals surface area contributed by atoms with E-state index in [9.17, 15) is 9.90 Å². The number of amides is 1. The number of piperidine rings is 1. The Morgan fingerprint density at radius 3 is 2.64 bits per heavy atom. The van der Waals surface area contributed by atoms with E-state index in [1.54, 1.807) is 11.0 Å². The SMILES string of the molecule is O=C1CC[C@H](O)[C@@H](c2cccc(Cl)c2)N1Cc1ccccc1. The molecule has 3 rings (SSSR count). The largest absolute Gasteiger partial charge is 0.391 e. The van der Waals surface area contributed by atoms with Crippen LogP contribution in [0.4, 0.5) is 0 Å². The Kier molecular flexibility index (Phi) is 4.46. The highest BCUT2D eigenvalue weighted by Gasteiger charge is 2.35. The van der Waals surface area contributed by atoms with Gasteiger partial charge in [-0.3, -0.25) is 4.79 Å². The number of aliphatic hydroxyl groups excluding tert-OH is 1. The van der Waals surface area contributed by atoms with Crippen molar-refractivity contribution >= 4 is 17.5 Å². The van der Waals surface area contributed by atoms with E-state index in [-0.39, 0.29) is 11.9 Å². The van der Waals surface area contributed by atoms with Gasteiger partial charge in [0.1, 0.15) is 0 Å². The third kappa shape index (κ3) is 3.16. The number of carbonyl (C=O) groups excluding carboxylic acids is 1. The van der Waals surface area contributed by atoms with Gasteiger partial charge in [-0.2, -0.15) is 0 Å². The fourth-order valence-electron chi connectivity index (χ4n) is 2.99. The topological polar surface area (TPSA) is 40.5 Å². The molecule has 0 aliphatic carbocycles. The molecule has 0 bridgehead atoms. The molecular formula is C18H18ClNO2. The number of hydrogen-bond donors (Lipinski definition) is 1. The minimum Gasteiger partial charge on any atom is -0.391 e. The van der Waals surface area contributed by atoms with Crippen LogP contribution in [-0.4, -0.2) is 22.0 Å². The van der Waals surface area contributed by atoms with E-state index in [4.69, 9.17) is 11.6 Å². The first-order valence-corrected chi connectivity index (χ1v) is 7.80. The number of likely N-dealkylation sites (tertiary alicyclic amines) is 1. The summed E-state index contributed by atoms with van der Waals surface area (Å²) >= 11 is 6.07. The van der Waals surface area contributed by atoms with Gasteiger partial charge in [-0.15, -0.1) is 0 Å². The molecule has 2 aromatic rings. The number of hydrogen-bond acceptors (Lipinski definition) is 2. The number of benzene rings is 2. The van der Waals surface area contributed by atoms with E-state index >= 15 is 0 Å². The molecule has 114 valence electrons. The lowest BCUT2D eigenvalue weighted by molar-refractivity contribution is -0.143. The zero-order valence-electron chi connectivity index (χ0n) is 12.2. The second-order valence-electron chi connectivity index (χ2n) is 5.61. The van der Waals surface area contributed by atoms with Crippen molar-refractivity contribution in [3.8, 4) is 0 Å². The average molecular weight is 316 g/mol. The van der Waals surface area contributed by atoms with Crippen molar-refractivity contribution in [2.24, 2.45) is 0 Å². The van der Waals surface area contributed by atoms with E-state index in [0.717, 1.165) is 11.1 Å². The summed E-state index contributed by atoms with van der Waals surface area (Å²) in [6.07, 6.45) is 0.298. The lowest BCUT2D eigenvalue weighted by Gasteiger charge is -2.39. The van der Waals surface area contributed by atoms with Gasteiger partial charge in [0.25, 0.3) is 0 Å². The van der Waals surface area contributed by atoms with Crippen molar-refractivity contribution in [3.05, 3.63) is 70.7 Å². The molecule has 1 N–H and O–H groups in total. The fourth-order valence-corrected chi connectivity index (χ4v) is 3.19. The maximum absolute atomic E-state index is 12.4. The molecule has 1 amide bonds. The molecule has 2 atom stereocenters. The Morgan fingerprint density at radius 1 is 1.14 bits per heavy atom. The number of aliphatic hydroxyl groups is 1. The molecule has 1 aliphatic rings. The quantitative estimate of drug-likeness (QED) is 0.940. The number of halogens is 1. The zero-order valence-corrected chi connectivity index (χ0v) is 12.9. The van der Waals surface area contributed by atoms with Crippen molar-refractivity contribution in [1.29, 1.82) is 0 Å². The molecule has 1 heterocycles. The van der Waals surface area contributed by atoms with E-state index < -0.39 is 6.10 Å². The van der Waals surface area contributed by atoms with Gasteiger partial charge in [-0.25, -0.2) is 0 Å². The first kappa shape index (κ1) is 15.1. The molecule has 1 aliphatic heterocycles. The number of rotatable bonds is 3. The highest BCUT2D eigenvalue weighted by molar-refractivity contribution is 6.30. The predicted octanol–water partition coefficient (Wildman–Crippen LogP) is 3.56. The molecular weight excluding hydrogens is 298 g/mol. The molecule has 1 saturated heterocycles. The van der Waals surface area contributed by atoms with Crippen molar-refractivity contribution in [3.63, 3.8) is 0 Å². The smallest absolute Gasteiger partial charge is 0.223 e. The summed E-state index contributed by atoms with van der Waals surface area (Å²) in [4.78, 5) is 14.2. The zero-order chi connectivity index (χ0) is 15.5. The molecule has 0 radical (unpaired) electrons. The highest BCUT2D eigenvalue weighted by Crippen LogP contribution is 2.34. The van der Waals surface area contributed by atoms with Gasteiger partial charge in [0.05, 0.1) is 12.1 Å². The monoisotopic (exact) mass is 315 g/mol. The molecule has 3 nitrogen and oxygen atoms in total. The van der Waals surface area contributed by atoms with Crippen molar-refractivity contribution < 1.29 is 9.90 Å². The third-order valence-electron chi connectivity index (χ3n) is 4.06. The van der Waals surface area contributed by atoms with Crippen LogP contribution in [0.15, 0.2) is 54.6 Å². The van der Waals surface area contributed by atoms with Gasteiger partial charge in [-0.05, 0) is 29.7 Å². The molecule has 4 heteroatoms. The normalized spacial score (nSPS) is 21.9. The van der Waals surface area contributed by atoms with Crippen LogP contribution in [0, 0.1) is 0 Å². The van der Waals surface area contributed by atoms with E-state index in [1.807, 2.05) is 48.5 Å². The summed E-state index contributed by atoms with van der Waals surface area (Å²) in [6, 6.07) is 16.9. The fraction of sp³-hybridized carbons (Fsp3) is 0.278. The lowest BCUT2D eigenvalue weighted by atomic mass is 9.91. The first-order chi connectivity index (χ1) is 10.6. The van der Waals surface area contributed by atoms with Gasteiger partial charge in [0.15, 0.2) is 0 Å². The Morgan fingerprint density at radius 2 is 1.91 bits per heavy atom. The van der Waals surface area contributed by atoms with Gasteiger partial charge in [0, 0.05) is 18.0 Å². The second-order valence-corrected chi connectivity index (χ2v) is 6.05. The predicted molar refractivity (Wildman–Crippen MR) is 86.4 cm³/mol. The molecule has 2 aromatic carbocycles. The summed E-state index contributed by atoms with van der Waals surface area (Å²) in [5.74, 6) is 0.0686. The molecule has 0 aromatic heterocycles. The minimum absolute atomic E-state index is 0.0686. The minimum atomic E-state index is -0.570. The molecule has 1 fully saturated rings. The summed E-state index contributed by atoms with van der Waals surface area (Å²) in [5.41, 5.74) is 1.93. The Balaban J connectivity index is 1.93. The van der Waals surface area contributed by atoms with E-state index in [0.29, 0.717) is 24.4 Å². The molecule has 0 spiro atoms. The van der Waals surface area contributed by atoms with Crippen LogP contribution in [-0.2, 0) is 11.3 Å². The van der Waals surface area contributed by atoms with Crippen LogP contribution in [0.2, 0.25) is 5.02 Å². The maximum atomic E-state index is 12.4. The third-order valence-corrected chi connectivity index (χ3v) is 4.30. The summed E-state index contributed by atoms with van der Waals surface area (Å²) in [7, 11) is 0. The second kappa shape index (κ2) is 6.51. The average Bonchev–Trinajstić information content (AvgIpc) is 2.52. The van der Waals surface area contributed by atoms with Crippen LogP contribution < -0.4 is 0 Å². The number of carbonyl (C=O) groups is 1. The Bertz CT molecular complexity index is 659. The van der Waals surface area contributed by atoms with Crippen LogP contribution in [0.3, 0.4) is 0 Å². The van der Waals surface area contributed by atoms with Crippen LogP contribution >= 0.6 is 11.6 Å². The van der Waals surface area contributed by atoms with E-state index in [2.05, 4.69) is 0 Å². The van der Waals surface area contributed by atoms with Gasteiger partial charge in [0.2, 0.25) is 5.91 Å². The first-order valence-electron chi connectivity index (χ1n) is 7.42. The highest BCUT2D eigenvalue weighted by atomic mass is 35.5. The maximum Gasteiger partial charge on any atom is 0.223 e.